The lowest BCUT2D eigenvalue weighted by Crippen LogP contribution is -2.30. The molecule has 0 saturated heterocycles. The molecular formula is C21H29NS. The van der Waals surface area contributed by atoms with Crippen LogP contribution in [0.5, 0.6) is 0 Å². The molecule has 0 aliphatic rings. The highest BCUT2D eigenvalue weighted by molar-refractivity contribution is 7.99. The summed E-state index contributed by atoms with van der Waals surface area (Å²) in [6.45, 7) is 12.7. The average molecular weight is 328 g/mol. The van der Waals surface area contributed by atoms with Crippen LogP contribution in [-0.4, -0.2) is 24.5 Å². The van der Waals surface area contributed by atoms with Crippen LogP contribution in [0.15, 0.2) is 64.4 Å². The molecule has 0 heterocycles. The van der Waals surface area contributed by atoms with E-state index in [9.17, 15) is 0 Å². The lowest BCUT2D eigenvalue weighted by atomic mass is 9.88. The third-order valence-corrected chi connectivity index (χ3v) is 5.69. The first-order chi connectivity index (χ1) is 11.1. The van der Waals surface area contributed by atoms with Crippen LogP contribution in [0.3, 0.4) is 0 Å². The molecule has 124 valence electrons. The van der Waals surface area contributed by atoms with Crippen LogP contribution >= 0.6 is 11.8 Å². The molecule has 2 aromatic rings. The summed E-state index contributed by atoms with van der Waals surface area (Å²) in [6, 6.07) is 19.7. The van der Waals surface area contributed by atoms with Crippen LogP contribution in [0, 0.1) is 5.92 Å². The molecule has 0 aliphatic heterocycles. The van der Waals surface area contributed by atoms with Gasteiger partial charge in [0.05, 0.1) is 0 Å². The van der Waals surface area contributed by atoms with Crippen molar-refractivity contribution in [3.8, 4) is 0 Å². The van der Waals surface area contributed by atoms with Gasteiger partial charge in [0.2, 0.25) is 0 Å². The molecule has 0 bridgehead atoms. The first kappa shape index (κ1) is 18.1. The fourth-order valence-electron chi connectivity index (χ4n) is 2.84. The van der Waals surface area contributed by atoms with Gasteiger partial charge in [-0.2, -0.15) is 0 Å². The van der Waals surface area contributed by atoms with Crippen LogP contribution in [-0.2, 0) is 0 Å². The Hall–Kier alpha value is -1.25. The Balaban J connectivity index is 1.98. The number of hydrogen-bond donors (Lipinski definition) is 0. The van der Waals surface area contributed by atoms with E-state index < -0.39 is 0 Å². The van der Waals surface area contributed by atoms with E-state index in [0.29, 0.717) is 11.8 Å². The second-order valence-electron chi connectivity index (χ2n) is 6.24. The Morgan fingerprint density at radius 2 is 1.39 bits per heavy atom. The second-order valence-corrected chi connectivity index (χ2v) is 7.38. The van der Waals surface area contributed by atoms with E-state index in [2.05, 4.69) is 87.2 Å². The van der Waals surface area contributed by atoms with Gasteiger partial charge in [0, 0.05) is 16.3 Å². The summed E-state index contributed by atoms with van der Waals surface area (Å²) < 4.78 is 0. The highest BCUT2D eigenvalue weighted by Crippen LogP contribution is 2.30. The predicted octanol–water partition coefficient (Wildman–Crippen LogP) is 5.92. The number of nitrogens with zero attached hydrogens (tertiary/aromatic N) is 1. The molecule has 0 N–H and O–H groups in total. The molecule has 0 radical (unpaired) electrons. The van der Waals surface area contributed by atoms with Gasteiger partial charge in [0.15, 0.2) is 0 Å². The molecule has 2 aromatic carbocycles. The molecule has 2 rings (SSSR count). The largest absolute Gasteiger partial charge is 0.304 e. The molecule has 2 heteroatoms. The van der Waals surface area contributed by atoms with E-state index in [1.54, 1.807) is 0 Å². The number of benzene rings is 2. The van der Waals surface area contributed by atoms with E-state index >= 15 is 0 Å². The van der Waals surface area contributed by atoms with Crippen molar-refractivity contribution >= 4 is 11.8 Å². The lowest BCUT2D eigenvalue weighted by molar-refractivity contribution is 0.245. The molecule has 0 amide bonds. The van der Waals surface area contributed by atoms with Crippen molar-refractivity contribution < 1.29 is 0 Å². The van der Waals surface area contributed by atoms with E-state index in [4.69, 9.17) is 0 Å². The van der Waals surface area contributed by atoms with Crippen molar-refractivity contribution in [1.29, 1.82) is 0 Å². The van der Waals surface area contributed by atoms with E-state index in [1.165, 1.54) is 21.9 Å². The van der Waals surface area contributed by atoms with Crippen molar-refractivity contribution in [3.63, 3.8) is 0 Å². The van der Waals surface area contributed by atoms with E-state index in [1.807, 2.05) is 11.8 Å². The number of hydrogen-bond acceptors (Lipinski definition) is 2. The fraction of sp³-hybridized carbons (Fsp3) is 0.429. The smallest absolute Gasteiger partial charge is 0.0122 e. The summed E-state index contributed by atoms with van der Waals surface area (Å²) in [4.78, 5) is 5.12. The van der Waals surface area contributed by atoms with E-state index in [-0.39, 0.29) is 0 Å². The van der Waals surface area contributed by atoms with Crippen molar-refractivity contribution in [1.82, 2.24) is 4.90 Å². The quantitative estimate of drug-likeness (QED) is 0.592. The monoisotopic (exact) mass is 327 g/mol. The van der Waals surface area contributed by atoms with Crippen molar-refractivity contribution in [2.45, 2.75) is 43.4 Å². The van der Waals surface area contributed by atoms with Gasteiger partial charge >= 0.3 is 0 Å². The highest BCUT2D eigenvalue weighted by Gasteiger charge is 2.16. The SMILES string of the molecule is CCN(CC)CC(C)C(C)c1ccc(Sc2ccccc2)cc1. The molecular weight excluding hydrogens is 298 g/mol. The second kappa shape index (κ2) is 9.14. The molecule has 2 atom stereocenters. The Bertz CT molecular complexity index is 560. The minimum Gasteiger partial charge on any atom is -0.304 e. The maximum Gasteiger partial charge on any atom is 0.0122 e. The molecule has 0 aliphatic carbocycles. The first-order valence-electron chi connectivity index (χ1n) is 8.69. The fourth-order valence-corrected chi connectivity index (χ4v) is 3.68. The standard InChI is InChI=1S/C21H29NS/c1-5-22(6-2)16-17(3)18(4)19-12-14-21(15-13-19)23-20-10-8-7-9-11-20/h7-15,17-18H,5-6,16H2,1-4H3. The van der Waals surface area contributed by atoms with Gasteiger partial charge in [-0.1, -0.05) is 69.8 Å². The molecule has 23 heavy (non-hydrogen) atoms. The van der Waals surface area contributed by atoms with Gasteiger partial charge in [-0.05, 0) is 54.8 Å². The van der Waals surface area contributed by atoms with Gasteiger partial charge in [0.1, 0.15) is 0 Å². The van der Waals surface area contributed by atoms with Crippen LogP contribution in [0.1, 0.15) is 39.2 Å². The maximum atomic E-state index is 2.51. The zero-order valence-electron chi connectivity index (χ0n) is 14.8. The predicted molar refractivity (Wildman–Crippen MR) is 102 cm³/mol. The third-order valence-electron chi connectivity index (χ3n) is 4.68. The minimum absolute atomic E-state index is 0.589. The normalized spacial score (nSPS) is 14.0. The highest BCUT2D eigenvalue weighted by atomic mass is 32.2. The molecule has 0 aromatic heterocycles. The number of rotatable bonds is 8. The van der Waals surface area contributed by atoms with Crippen LogP contribution in [0.4, 0.5) is 0 Å². The summed E-state index contributed by atoms with van der Waals surface area (Å²) in [5.41, 5.74) is 1.45. The van der Waals surface area contributed by atoms with Crippen LogP contribution < -0.4 is 0 Å². The molecule has 2 unspecified atom stereocenters. The van der Waals surface area contributed by atoms with E-state index in [0.717, 1.165) is 13.1 Å². The van der Waals surface area contributed by atoms with Crippen molar-refractivity contribution in [2.75, 3.05) is 19.6 Å². The average Bonchev–Trinajstić information content (AvgIpc) is 2.60. The molecule has 1 nitrogen and oxygen atoms in total. The Morgan fingerprint density at radius 1 is 0.826 bits per heavy atom. The van der Waals surface area contributed by atoms with Crippen LogP contribution in [0.25, 0.3) is 0 Å². The zero-order valence-corrected chi connectivity index (χ0v) is 15.6. The summed E-state index contributed by atoms with van der Waals surface area (Å²) >= 11 is 1.83. The summed E-state index contributed by atoms with van der Waals surface area (Å²) in [6.07, 6.45) is 0. The minimum atomic E-state index is 0.589. The van der Waals surface area contributed by atoms with Gasteiger partial charge < -0.3 is 4.90 Å². The molecule has 0 saturated carbocycles. The van der Waals surface area contributed by atoms with Crippen molar-refractivity contribution in [2.24, 2.45) is 5.92 Å². The summed E-state index contributed by atoms with van der Waals surface area (Å²) in [5, 5.41) is 0. The summed E-state index contributed by atoms with van der Waals surface area (Å²) in [5.74, 6) is 1.26. The Morgan fingerprint density at radius 3 is 1.96 bits per heavy atom. The van der Waals surface area contributed by atoms with Crippen LogP contribution in [0.2, 0.25) is 0 Å². The van der Waals surface area contributed by atoms with Gasteiger partial charge in [-0.3, -0.25) is 0 Å². The first-order valence-corrected chi connectivity index (χ1v) is 9.50. The maximum absolute atomic E-state index is 2.51. The van der Waals surface area contributed by atoms with Crippen molar-refractivity contribution in [3.05, 3.63) is 60.2 Å². The Kier molecular flexibility index (Phi) is 7.19. The zero-order chi connectivity index (χ0) is 16.7. The van der Waals surface area contributed by atoms with Gasteiger partial charge in [-0.25, -0.2) is 0 Å². The lowest BCUT2D eigenvalue weighted by Gasteiger charge is -2.27. The molecule has 0 fully saturated rings. The van der Waals surface area contributed by atoms with Gasteiger partial charge in [0.25, 0.3) is 0 Å². The van der Waals surface area contributed by atoms with Gasteiger partial charge in [-0.15, -0.1) is 0 Å². The third kappa shape index (κ3) is 5.40. The molecule has 0 spiro atoms. The topological polar surface area (TPSA) is 3.24 Å². The summed E-state index contributed by atoms with van der Waals surface area (Å²) in [7, 11) is 0. The Labute approximate surface area is 146 Å².